The van der Waals surface area contributed by atoms with E-state index in [1.165, 1.54) is 12.1 Å². The molecular formula is C15H21F2NS. The van der Waals surface area contributed by atoms with Crippen molar-refractivity contribution in [3.63, 3.8) is 0 Å². The zero-order chi connectivity index (χ0) is 14.0. The maximum absolute atomic E-state index is 13.7. The van der Waals surface area contributed by atoms with Crippen LogP contribution in [0.1, 0.15) is 38.8 Å². The largest absolute Gasteiger partial charge is 0.306 e. The Morgan fingerprint density at radius 2 is 2.11 bits per heavy atom. The van der Waals surface area contributed by atoms with Crippen molar-refractivity contribution in [2.45, 2.75) is 39.3 Å². The highest BCUT2D eigenvalue weighted by Gasteiger charge is 2.29. The van der Waals surface area contributed by atoms with Gasteiger partial charge in [-0.2, -0.15) is 11.8 Å². The molecular weight excluding hydrogens is 264 g/mol. The molecule has 1 fully saturated rings. The minimum absolute atomic E-state index is 0.171. The molecule has 2 rings (SSSR count). The average molecular weight is 285 g/mol. The molecule has 0 aliphatic carbocycles. The first-order chi connectivity index (χ1) is 8.87. The number of nitrogens with one attached hydrogen (secondary N) is 1. The maximum Gasteiger partial charge on any atom is 0.128 e. The Hall–Kier alpha value is -0.610. The van der Waals surface area contributed by atoms with Crippen molar-refractivity contribution in [3.8, 4) is 0 Å². The van der Waals surface area contributed by atoms with Crippen LogP contribution < -0.4 is 5.32 Å². The number of rotatable bonds is 3. The van der Waals surface area contributed by atoms with Crippen LogP contribution in [0, 0.1) is 17.0 Å². The third-order valence-electron chi connectivity index (χ3n) is 3.52. The molecule has 1 heterocycles. The van der Waals surface area contributed by atoms with Crippen LogP contribution in [-0.2, 0) is 0 Å². The van der Waals surface area contributed by atoms with E-state index in [0.29, 0.717) is 17.0 Å². The first-order valence-electron chi connectivity index (χ1n) is 6.66. The van der Waals surface area contributed by atoms with Crippen LogP contribution in [-0.4, -0.2) is 17.5 Å². The first-order valence-corrected chi connectivity index (χ1v) is 7.82. The first kappa shape index (κ1) is 14.8. The van der Waals surface area contributed by atoms with Crippen LogP contribution in [0.2, 0.25) is 0 Å². The van der Waals surface area contributed by atoms with Crippen molar-refractivity contribution >= 4 is 11.8 Å². The van der Waals surface area contributed by atoms with Crippen LogP contribution in [0.15, 0.2) is 18.2 Å². The number of halogens is 2. The van der Waals surface area contributed by atoms with E-state index in [1.54, 1.807) is 0 Å². The fourth-order valence-electron chi connectivity index (χ4n) is 2.66. The smallest absolute Gasteiger partial charge is 0.128 e. The van der Waals surface area contributed by atoms with Crippen molar-refractivity contribution in [1.82, 2.24) is 5.32 Å². The molecule has 1 aliphatic heterocycles. The lowest BCUT2D eigenvalue weighted by atomic mass is 9.87. The van der Waals surface area contributed by atoms with E-state index in [1.807, 2.05) is 18.7 Å². The molecule has 1 saturated heterocycles. The Balaban J connectivity index is 2.04. The van der Waals surface area contributed by atoms with Gasteiger partial charge in [-0.05, 0) is 42.7 Å². The summed E-state index contributed by atoms with van der Waals surface area (Å²) in [7, 11) is 0. The second kappa shape index (κ2) is 5.80. The molecule has 0 radical (unpaired) electrons. The van der Waals surface area contributed by atoms with Crippen LogP contribution in [0.4, 0.5) is 8.78 Å². The average Bonchev–Trinajstić information content (AvgIpc) is 2.31. The zero-order valence-electron chi connectivity index (χ0n) is 11.7. The lowest BCUT2D eigenvalue weighted by Gasteiger charge is -2.36. The summed E-state index contributed by atoms with van der Waals surface area (Å²) in [5.41, 5.74) is 0.717. The molecule has 1 aliphatic rings. The van der Waals surface area contributed by atoms with Crippen LogP contribution in [0.5, 0.6) is 0 Å². The van der Waals surface area contributed by atoms with E-state index in [-0.39, 0.29) is 17.7 Å². The molecule has 1 N–H and O–H groups in total. The number of hydrogen-bond acceptors (Lipinski definition) is 2. The molecule has 0 aromatic heterocycles. The molecule has 4 heteroatoms. The quantitative estimate of drug-likeness (QED) is 0.895. The monoisotopic (exact) mass is 285 g/mol. The third-order valence-corrected chi connectivity index (χ3v) is 5.14. The standard InChI is InChI=1S/C15H21F2NS/c1-10(13-6-11(16)4-5-14(13)17)18-12-7-15(2,3)9-19-8-12/h4-6,10,12,18H,7-9H2,1-3H3. The number of hydrogen-bond donors (Lipinski definition) is 1. The lowest BCUT2D eigenvalue weighted by molar-refractivity contribution is 0.303. The van der Waals surface area contributed by atoms with Gasteiger partial charge >= 0.3 is 0 Å². The van der Waals surface area contributed by atoms with Gasteiger partial charge in [-0.3, -0.25) is 0 Å². The summed E-state index contributed by atoms with van der Waals surface area (Å²) in [6.07, 6.45) is 1.07. The maximum atomic E-state index is 13.7. The molecule has 0 bridgehead atoms. The number of benzene rings is 1. The van der Waals surface area contributed by atoms with Gasteiger partial charge < -0.3 is 5.32 Å². The van der Waals surface area contributed by atoms with Crippen molar-refractivity contribution in [2.75, 3.05) is 11.5 Å². The summed E-state index contributed by atoms with van der Waals surface area (Å²) in [6, 6.07) is 3.82. The summed E-state index contributed by atoms with van der Waals surface area (Å²) in [6.45, 7) is 6.40. The summed E-state index contributed by atoms with van der Waals surface area (Å²) >= 11 is 1.92. The van der Waals surface area contributed by atoms with E-state index >= 15 is 0 Å². The molecule has 1 aromatic rings. The highest BCUT2D eigenvalue weighted by atomic mass is 32.2. The molecule has 1 aromatic carbocycles. The highest BCUT2D eigenvalue weighted by Crippen LogP contribution is 2.34. The van der Waals surface area contributed by atoms with Crippen molar-refractivity contribution in [1.29, 1.82) is 0 Å². The predicted octanol–water partition coefficient (Wildman–Crippen LogP) is 4.15. The van der Waals surface area contributed by atoms with Crippen molar-refractivity contribution < 1.29 is 8.78 Å². The summed E-state index contributed by atoms with van der Waals surface area (Å²) in [4.78, 5) is 0. The molecule has 106 valence electrons. The van der Waals surface area contributed by atoms with Gasteiger partial charge in [0.15, 0.2) is 0 Å². The minimum atomic E-state index is -0.386. The minimum Gasteiger partial charge on any atom is -0.306 e. The Kier molecular flexibility index (Phi) is 4.51. The Morgan fingerprint density at radius 3 is 2.79 bits per heavy atom. The summed E-state index contributed by atoms with van der Waals surface area (Å²) in [5.74, 6) is 1.46. The van der Waals surface area contributed by atoms with Crippen LogP contribution >= 0.6 is 11.8 Å². The molecule has 1 nitrogen and oxygen atoms in total. The van der Waals surface area contributed by atoms with Gasteiger partial charge in [-0.1, -0.05) is 13.8 Å². The molecule has 0 amide bonds. The third kappa shape index (κ3) is 3.93. The molecule has 0 saturated carbocycles. The highest BCUT2D eigenvalue weighted by molar-refractivity contribution is 7.99. The fourth-order valence-corrected chi connectivity index (χ4v) is 3.95. The number of thioether (sulfide) groups is 1. The Labute approximate surface area is 118 Å². The zero-order valence-corrected chi connectivity index (χ0v) is 12.5. The van der Waals surface area contributed by atoms with Gasteiger partial charge in [0.1, 0.15) is 11.6 Å². The predicted molar refractivity (Wildman–Crippen MR) is 77.4 cm³/mol. The Bertz CT molecular complexity index is 448. The Morgan fingerprint density at radius 1 is 1.37 bits per heavy atom. The van der Waals surface area contributed by atoms with Crippen LogP contribution in [0.3, 0.4) is 0 Å². The second-order valence-corrected chi connectivity index (χ2v) is 7.16. The molecule has 0 spiro atoms. The molecule has 2 atom stereocenters. The van der Waals surface area contributed by atoms with Crippen LogP contribution in [0.25, 0.3) is 0 Å². The van der Waals surface area contributed by atoms with Gasteiger partial charge in [0.05, 0.1) is 0 Å². The van der Waals surface area contributed by atoms with E-state index in [2.05, 4.69) is 19.2 Å². The van der Waals surface area contributed by atoms with E-state index in [0.717, 1.165) is 24.0 Å². The van der Waals surface area contributed by atoms with Crippen molar-refractivity contribution in [2.24, 2.45) is 5.41 Å². The topological polar surface area (TPSA) is 12.0 Å². The van der Waals surface area contributed by atoms with Crippen molar-refractivity contribution in [3.05, 3.63) is 35.4 Å². The van der Waals surface area contributed by atoms with E-state index < -0.39 is 0 Å². The summed E-state index contributed by atoms with van der Waals surface area (Å²) < 4.78 is 26.9. The second-order valence-electron chi connectivity index (χ2n) is 6.13. The van der Waals surface area contributed by atoms with Gasteiger partial charge in [-0.25, -0.2) is 8.78 Å². The lowest BCUT2D eigenvalue weighted by Crippen LogP contribution is -2.41. The summed E-state index contributed by atoms with van der Waals surface area (Å²) in [5, 5.41) is 3.43. The fraction of sp³-hybridized carbons (Fsp3) is 0.600. The van der Waals surface area contributed by atoms with Gasteiger partial charge in [0.2, 0.25) is 0 Å². The SMILES string of the molecule is CC(NC1CSCC(C)(C)C1)c1cc(F)ccc1F. The molecule has 2 unspecified atom stereocenters. The van der Waals surface area contributed by atoms with E-state index in [4.69, 9.17) is 0 Å². The van der Waals surface area contributed by atoms with E-state index in [9.17, 15) is 8.78 Å². The molecule has 19 heavy (non-hydrogen) atoms. The normalized spacial score (nSPS) is 24.2. The van der Waals surface area contributed by atoms with Gasteiger partial charge in [-0.15, -0.1) is 0 Å². The van der Waals surface area contributed by atoms with Gasteiger partial charge in [0, 0.05) is 23.4 Å². The van der Waals surface area contributed by atoms with Gasteiger partial charge in [0.25, 0.3) is 0 Å².